The van der Waals surface area contributed by atoms with Gasteiger partial charge in [-0.1, -0.05) is 35.5 Å². The molecule has 0 saturated carbocycles. The molecule has 1 N–H and O–H groups in total. The van der Waals surface area contributed by atoms with Crippen molar-refractivity contribution in [3.8, 4) is 11.5 Å². The van der Waals surface area contributed by atoms with Crippen LogP contribution in [0.1, 0.15) is 18.1 Å². The van der Waals surface area contributed by atoms with Crippen molar-refractivity contribution in [2.75, 3.05) is 19.5 Å². The summed E-state index contributed by atoms with van der Waals surface area (Å²) in [4.78, 5) is 12.7. The molecule has 2 aromatic carbocycles. The van der Waals surface area contributed by atoms with Crippen LogP contribution in [0.5, 0.6) is 11.5 Å². The maximum absolute atomic E-state index is 12.7. The van der Waals surface area contributed by atoms with Crippen LogP contribution in [0.2, 0.25) is 5.02 Å². The number of tetrazole rings is 1. The van der Waals surface area contributed by atoms with Crippen LogP contribution in [-0.2, 0) is 11.3 Å². The number of ether oxygens (including phenoxy) is 2. The number of amides is 1. The van der Waals surface area contributed by atoms with Crippen molar-refractivity contribution in [3.05, 3.63) is 52.5 Å². The zero-order chi connectivity index (χ0) is 21.7. The predicted molar refractivity (Wildman–Crippen MR) is 117 cm³/mol. The summed E-state index contributed by atoms with van der Waals surface area (Å²) < 4.78 is 12.1. The summed E-state index contributed by atoms with van der Waals surface area (Å²) in [6.45, 7) is 4.14. The molecule has 0 aliphatic heterocycles. The Balaban J connectivity index is 1.68. The molecule has 158 valence electrons. The molecule has 8 nitrogen and oxygen atoms in total. The number of benzene rings is 2. The minimum atomic E-state index is -0.439. The van der Waals surface area contributed by atoms with Crippen molar-refractivity contribution in [1.29, 1.82) is 0 Å². The Morgan fingerprint density at radius 1 is 1.23 bits per heavy atom. The fourth-order valence-electron chi connectivity index (χ4n) is 2.66. The molecular formula is C20H22ClN5O3S. The first-order chi connectivity index (χ1) is 14.4. The number of carbonyl (C=O) groups excluding carboxylic acids is 1. The molecule has 1 unspecified atom stereocenters. The molecule has 0 bridgehead atoms. The van der Waals surface area contributed by atoms with E-state index in [1.54, 1.807) is 30.8 Å². The Kier molecular flexibility index (Phi) is 7.17. The smallest absolute Gasteiger partial charge is 0.237 e. The third-order valence-electron chi connectivity index (χ3n) is 4.38. The Labute approximate surface area is 183 Å². The third-order valence-corrected chi connectivity index (χ3v) is 5.86. The van der Waals surface area contributed by atoms with Gasteiger partial charge in [0.25, 0.3) is 0 Å². The molecule has 1 atom stereocenters. The monoisotopic (exact) mass is 447 g/mol. The quantitative estimate of drug-likeness (QED) is 0.525. The highest BCUT2D eigenvalue weighted by atomic mass is 35.5. The van der Waals surface area contributed by atoms with Gasteiger partial charge in [-0.25, -0.2) is 4.68 Å². The Morgan fingerprint density at radius 2 is 1.97 bits per heavy atom. The summed E-state index contributed by atoms with van der Waals surface area (Å²) >= 11 is 7.41. The van der Waals surface area contributed by atoms with Gasteiger partial charge in [0, 0.05) is 11.1 Å². The van der Waals surface area contributed by atoms with Crippen LogP contribution in [0.15, 0.2) is 41.6 Å². The van der Waals surface area contributed by atoms with Crippen molar-refractivity contribution >= 4 is 35.0 Å². The molecule has 3 rings (SSSR count). The van der Waals surface area contributed by atoms with Gasteiger partial charge in [-0.3, -0.25) is 4.79 Å². The maximum atomic E-state index is 12.7. The lowest BCUT2D eigenvalue weighted by atomic mass is 10.2. The van der Waals surface area contributed by atoms with Crippen molar-refractivity contribution in [2.45, 2.75) is 30.8 Å². The minimum Gasteiger partial charge on any atom is -0.497 e. The molecule has 0 fully saturated rings. The lowest BCUT2D eigenvalue weighted by Gasteiger charge is -2.15. The van der Waals surface area contributed by atoms with Gasteiger partial charge in [0.1, 0.15) is 11.5 Å². The van der Waals surface area contributed by atoms with E-state index in [1.807, 2.05) is 31.2 Å². The molecular weight excluding hydrogens is 426 g/mol. The topological polar surface area (TPSA) is 91.2 Å². The standard InChI is InChI=1S/C20H22ClN5O3S/c1-12-9-17(18(29-4)10-16(12)21)22-19(27)13(2)30-20-23-24-25-26(20)11-14-5-7-15(28-3)8-6-14/h5-10,13H,11H2,1-4H3,(H,22,27). The number of carbonyl (C=O) groups is 1. The second kappa shape index (κ2) is 9.82. The second-order valence-corrected chi connectivity index (χ2v) is 8.23. The summed E-state index contributed by atoms with van der Waals surface area (Å²) in [5.74, 6) is 1.09. The number of aromatic nitrogens is 4. The van der Waals surface area contributed by atoms with Crippen LogP contribution in [0.3, 0.4) is 0 Å². The van der Waals surface area contributed by atoms with Gasteiger partial charge in [-0.2, -0.15) is 0 Å². The summed E-state index contributed by atoms with van der Waals surface area (Å²) in [7, 11) is 3.15. The molecule has 1 amide bonds. The van der Waals surface area contributed by atoms with Crippen LogP contribution < -0.4 is 14.8 Å². The molecule has 0 saturated heterocycles. The number of nitrogens with zero attached hydrogens (tertiary/aromatic N) is 4. The lowest BCUT2D eigenvalue weighted by Crippen LogP contribution is -2.23. The first-order valence-electron chi connectivity index (χ1n) is 9.12. The zero-order valence-corrected chi connectivity index (χ0v) is 18.6. The largest absolute Gasteiger partial charge is 0.497 e. The van der Waals surface area contributed by atoms with Crippen LogP contribution in [0, 0.1) is 6.92 Å². The molecule has 1 aromatic heterocycles. The Morgan fingerprint density at radius 3 is 2.63 bits per heavy atom. The van der Waals surface area contributed by atoms with E-state index >= 15 is 0 Å². The number of methoxy groups -OCH3 is 2. The third kappa shape index (κ3) is 5.22. The number of aryl methyl sites for hydroxylation is 1. The number of hydrogen-bond acceptors (Lipinski definition) is 7. The van der Waals surface area contributed by atoms with Gasteiger partial charge >= 0.3 is 0 Å². The van der Waals surface area contributed by atoms with Crippen LogP contribution in [-0.4, -0.2) is 45.6 Å². The van der Waals surface area contributed by atoms with Crippen molar-refractivity contribution in [1.82, 2.24) is 20.2 Å². The SMILES string of the molecule is COc1ccc(Cn2nnnc2SC(C)C(=O)Nc2cc(C)c(Cl)cc2OC)cc1. The van der Waals surface area contributed by atoms with Gasteiger partial charge in [0.2, 0.25) is 11.1 Å². The van der Waals surface area contributed by atoms with Crippen LogP contribution in [0.4, 0.5) is 5.69 Å². The van der Waals surface area contributed by atoms with Gasteiger partial charge in [-0.05, 0) is 53.6 Å². The number of thioether (sulfide) groups is 1. The molecule has 30 heavy (non-hydrogen) atoms. The first kappa shape index (κ1) is 21.9. The summed E-state index contributed by atoms with van der Waals surface area (Å²) in [5.41, 5.74) is 2.43. The predicted octanol–water partition coefficient (Wildman–Crippen LogP) is 3.82. The van der Waals surface area contributed by atoms with E-state index in [1.165, 1.54) is 18.9 Å². The summed E-state index contributed by atoms with van der Waals surface area (Å²) in [5, 5.41) is 15.4. The molecule has 0 aliphatic rings. The lowest BCUT2D eigenvalue weighted by molar-refractivity contribution is -0.115. The van der Waals surface area contributed by atoms with Gasteiger partial charge in [0.15, 0.2) is 0 Å². The molecule has 0 aliphatic carbocycles. The van der Waals surface area contributed by atoms with E-state index in [4.69, 9.17) is 21.1 Å². The van der Waals surface area contributed by atoms with E-state index in [0.717, 1.165) is 16.9 Å². The highest BCUT2D eigenvalue weighted by molar-refractivity contribution is 8.00. The Bertz CT molecular complexity index is 1030. The van der Waals surface area contributed by atoms with Gasteiger partial charge in [-0.15, -0.1) is 5.10 Å². The van der Waals surface area contributed by atoms with Crippen molar-refractivity contribution in [3.63, 3.8) is 0 Å². The zero-order valence-electron chi connectivity index (χ0n) is 17.0. The van der Waals surface area contributed by atoms with Crippen molar-refractivity contribution in [2.24, 2.45) is 0 Å². The number of halogens is 1. The first-order valence-corrected chi connectivity index (χ1v) is 10.4. The number of rotatable bonds is 8. The highest BCUT2D eigenvalue weighted by Crippen LogP contribution is 2.32. The maximum Gasteiger partial charge on any atom is 0.237 e. The molecule has 1 heterocycles. The highest BCUT2D eigenvalue weighted by Gasteiger charge is 2.20. The molecule has 0 radical (unpaired) electrons. The second-order valence-electron chi connectivity index (χ2n) is 6.52. The van der Waals surface area contributed by atoms with Crippen LogP contribution >= 0.6 is 23.4 Å². The van der Waals surface area contributed by atoms with Crippen LogP contribution in [0.25, 0.3) is 0 Å². The number of nitrogens with one attached hydrogen (secondary N) is 1. The van der Waals surface area contributed by atoms with E-state index in [9.17, 15) is 4.79 Å². The Hall–Kier alpha value is -2.78. The average Bonchev–Trinajstić information content (AvgIpc) is 3.17. The van der Waals surface area contributed by atoms with Crippen molar-refractivity contribution < 1.29 is 14.3 Å². The normalized spacial score (nSPS) is 11.8. The summed E-state index contributed by atoms with van der Waals surface area (Å²) in [6.07, 6.45) is 0. The van der Waals surface area contributed by atoms with Gasteiger partial charge in [0.05, 0.1) is 31.7 Å². The minimum absolute atomic E-state index is 0.195. The molecule has 3 aromatic rings. The fourth-order valence-corrected chi connectivity index (χ4v) is 3.60. The molecule has 0 spiro atoms. The van der Waals surface area contributed by atoms with E-state index < -0.39 is 5.25 Å². The van der Waals surface area contributed by atoms with E-state index in [2.05, 4.69) is 20.8 Å². The molecule has 10 heteroatoms. The number of anilines is 1. The number of hydrogen-bond donors (Lipinski definition) is 1. The van der Waals surface area contributed by atoms with E-state index in [0.29, 0.717) is 28.2 Å². The van der Waals surface area contributed by atoms with E-state index in [-0.39, 0.29) is 5.91 Å². The summed E-state index contributed by atoms with van der Waals surface area (Å²) in [6, 6.07) is 11.1. The van der Waals surface area contributed by atoms with Gasteiger partial charge < -0.3 is 14.8 Å². The fraction of sp³-hybridized carbons (Fsp3) is 0.300. The average molecular weight is 448 g/mol.